The first-order chi connectivity index (χ1) is 10.2. The van der Waals surface area contributed by atoms with Crippen LogP contribution in [0.15, 0.2) is 18.2 Å². The summed E-state index contributed by atoms with van der Waals surface area (Å²) < 4.78 is 10.4. The molecule has 0 unspecified atom stereocenters. The van der Waals surface area contributed by atoms with Crippen molar-refractivity contribution in [2.45, 2.75) is 26.8 Å². The van der Waals surface area contributed by atoms with Crippen LogP contribution in [0.4, 0.5) is 5.69 Å². The van der Waals surface area contributed by atoms with Crippen LogP contribution in [-0.2, 0) is 16.0 Å². The molecule has 1 aromatic rings. The summed E-state index contributed by atoms with van der Waals surface area (Å²) in [4.78, 5) is 2.38. The molecule has 1 N–H and O–H groups in total. The minimum Gasteiger partial charge on any atom is -0.385 e. The third kappa shape index (κ3) is 6.46. The van der Waals surface area contributed by atoms with Crippen LogP contribution in [0.5, 0.6) is 0 Å². The van der Waals surface area contributed by atoms with Crippen molar-refractivity contribution in [2.75, 3.05) is 52.0 Å². The highest BCUT2D eigenvalue weighted by Crippen LogP contribution is 2.21. The van der Waals surface area contributed by atoms with Crippen LogP contribution in [0.1, 0.15) is 24.5 Å². The summed E-state index contributed by atoms with van der Waals surface area (Å²) in [5.74, 6) is 0. The van der Waals surface area contributed by atoms with Crippen molar-refractivity contribution < 1.29 is 9.47 Å². The lowest BCUT2D eigenvalue weighted by atomic mass is 10.1. The lowest BCUT2D eigenvalue weighted by Gasteiger charge is -2.26. The summed E-state index contributed by atoms with van der Waals surface area (Å²) in [6, 6.07) is 6.71. The molecule has 0 radical (unpaired) electrons. The fourth-order valence-corrected chi connectivity index (χ4v) is 2.41. The minimum atomic E-state index is 0.742. The minimum absolute atomic E-state index is 0.742. The lowest BCUT2D eigenvalue weighted by molar-refractivity contribution is 0.191. The molecule has 0 bridgehead atoms. The number of nitrogens with zero attached hydrogens (tertiary/aromatic N) is 1. The van der Waals surface area contributed by atoms with Gasteiger partial charge in [0.15, 0.2) is 0 Å². The number of anilines is 1. The summed E-state index contributed by atoms with van der Waals surface area (Å²) in [5.41, 5.74) is 3.95. The molecule has 0 aliphatic heterocycles. The second-order valence-corrected chi connectivity index (χ2v) is 5.23. The third-order valence-electron chi connectivity index (χ3n) is 3.52. The number of benzene rings is 1. The highest BCUT2D eigenvalue weighted by molar-refractivity contribution is 5.54. The van der Waals surface area contributed by atoms with Gasteiger partial charge in [0.25, 0.3) is 0 Å². The standard InChI is InChI=1S/C17H30N2O2/c1-5-18-14-16-7-8-17(15(2)13-16)19(10-12-21-4)9-6-11-20-3/h7-8,13,18H,5-6,9-12,14H2,1-4H3. The van der Waals surface area contributed by atoms with Crippen molar-refractivity contribution >= 4 is 5.69 Å². The number of rotatable bonds is 11. The van der Waals surface area contributed by atoms with Crippen molar-refractivity contribution in [3.63, 3.8) is 0 Å². The Labute approximate surface area is 129 Å². The van der Waals surface area contributed by atoms with E-state index in [1.165, 1.54) is 16.8 Å². The van der Waals surface area contributed by atoms with Crippen molar-refractivity contribution in [3.05, 3.63) is 29.3 Å². The Morgan fingerprint density at radius 2 is 1.86 bits per heavy atom. The van der Waals surface area contributed by atoms with Gasteiger partial charge in [-0.1, -0.05) is 19.1 Å². The highest BCUT2D eigenvalue weighted by Gasteiger charge is 2.09. The maximum atomic E-state index is 5.23. The summed E-state index contributed by atoms with van der Waals surface area (Å²) in [6.07, 6.45) is 1.03. The fourth-order valence-electron chi connectivity index (χ4n) is 2.41. The first-order valence-electron chi connectivity index (χ1n) is 7.76. The van der Waals surface area contributed by atoms with Crippen molar-refractivity contribution in [1.82, 2.24) is 5.32 Å². The van der Waals surface area contributed by atoms with Gasteiger partial charge in [0, 0.05) is 46.1 Å². The van der Waals surface area contributed by atoms with Crippen LogP contribution in [0.3, 0.4) is 0 Å². The van der Waals surface area contributed by atoms with E-state index in [1.54, 1.807) is 14.2 Å². The normalized spacial score (nSPS) is 10.9. The van der Waals surface area contributed by atoms with E-state index in [-0.39, 0.29) is 0 Å². The van der Waals surface area contributed by atoms with Crippen LogP contribution in [-0.4, -0.2) is 47.1 Å². The second kappa shape index (κ2) is 10.6. The molecular weight excluding hydrogens is 264 g/mol. The van der Waals surface area contributed by atoms with Gasteiger partial charge >= 0.3 is 0 Å². The van der Waals surface area contributed by atoms with Crippen molar-refractivity contribution in [1.29, 1.82) is 0 Å². The van der Waals surface area contributed by atoms with E-state index in [9.17, 15) is 0 Å². The monoisotopic (exact) mass is 294 g/mol. The Hall–Kier alpha value is -1.10. The number of nitrogens with one attached hydrogen (secondary N) is 1. The third-order valence-corrected chi connectivity index (χ3v) is 3.52. The number of methoxy groups -OCH3 is 2. The predicted molar refractivity (Wildman–Crippen MR) is 89.1 cm³/mol. The average molecular weight is 294 g/mol. The van der Waals surface area contributed by atoms with Gasteiger partial charge in [-0.3, -0.25) is 0 Å². The predicted octanol–water partition coefficient (Wildman–Crippen LogP) is 2.59. The zero-order valence-electron chi connectivity index (χ0n) is 13.9. The molecule has 0 atom stereocenters. The Morgan fingerprint density at radius 1 is 1.10 bits per heavy atom. The molecule has 0 spiro atoms. The Bertz CT molecular complexity index is 396. The van der Waals surface area contributed by atoms with Crippen LogP contribution >= 0.6 is 0 Å². The largest absolute Gasteiger partial charge is 0.385 e. The maximum Gasteiger partial charge on any atom is 0.0637 e. The van der Waals surface area contributed by atoms with E-state index in [1.807, 2.05) is 0 Å². The van der Waals surface area contributed by atoms with Crippen molar-refractivity contribution in [3.8, 4) is 0 Å². The van der Waals surface area contributed by atoms with Gasteiger partial charge < -0.3 is 19.7 Å². The van der Waals surface area contributed by atoms with E-state index in [0.717, 1.165) is 45.8 Å². The van der Waals surface area contributed by atoms with Crippen LogP contribution in [0, 0.1) is 6.92 Å². The van der Waals surface area contributed by atoms with E-state index in [0.29, 0.717) is 0 Å². The molecule has 0 heterocycles. The summed E-state index contributed by atoms with van der Waals surface area (Å²) in [7, 11) is 3.50. The number of aryl methyl sites for hydroxylation is 1. The van der Waals surface area contributed by atoms with Gasteiger partial charge in [-0.05, 0) is 37.1 Å². The molecule has 1 rings (SSSR count). The van der Waals surface area contributed by atoms with E-state index >= 15 is 0 Å². The highest BCUT2D eigenvalue weighted by atomic mass is 16.5. The fraction of sp³-hybridized carbons (Fsp3) is 0.647. The maximum absolute atomic E-state index is 5.23. The average Bonchev–Trinajstić information content (AvgIpc) is 2.49. The van der Waals surface area contributed by atoms with Gasteiger partial charge in [-0.15, -0.1) is 0 Å². The molecular formula is C17H30N2O2. The zero-order valence-corrected chi connectivity index (χ0v) is 13.9. The smallest absolute Gasteiger partial charge is 0.0637 e. The molecule has 0 fully saturated rings. The van der Waals surface area contributed by atoms with E-state index < -0.39 is 0 Å². The molecule has 4 nitrogen and oxygen atoms in total. The molecule has 120 valence electrons. The second-order valence-electron chi connectivity index (χ2n) is 5.23. The molecule has 4 heteroatoms. The lowest BCUT2D eigenvalue weighted by Crippen LogP contribution is -2.29. The summed E-state index contributed by atoms with van der Waals surface area (Å²) in [5, 5.41) is 3.37. The van der Waals surface area contributed by atoms with Crippen LogP contribution in [0.25, 0.3) is 0 Å². The topological polar surface area (TPSA) is 33.7 Å². The Kier molecular flexibility index (Phi) is 9.06. The molecule has 0 aliphatic rings. The van der Waals surface area contributed by atoms with Crippen molar-refractivity contribution in [2.24, 2.45) is 0 Å². The molecule has 21 heavy (non-hydrogen) atoms. The SMILES string of the molecule is CCNCc1ccc(N(CCCOC)CCOC)c(C)c1. The van der Waals surface area contributed by atoms with E-state index in [4.69, 9.17) is 9.47 Å². The first kappa shape index (κ1) is 18.0. The Morgan fingerprint density at radius 3 is 2.48 bits per heavy atom. The van der Waals surface area contributed by atoms with Gasteiger partial charge in [0.05, 0.1) is 6.61 Å². The van der Waals surface area contributed by atoms with E-state index in [2.05, 4.69) is 42.3 Å². The van der Waals surface area contributed by atoms with Gasteiger partial charge in [-0.2, -0.15) is 0 Å². The van der Waals surface area contributed by atoms with Crippen LogP contribution < -0.4 is 10.2 Å². The molecule has 0 aromatic heterocycles. The molecule has 0 saturated heterocycles. The van der Waals surface area contributed by atoms with Gasteiger partial charge in [0.1, 0.15) is 0 Å². The molecule has 0 saturated carbocycles. The van der Waals surface area contributed by atoms with Crippen LogP contribution in [0.2, 0.25) is 0 Å². The number of ether oxygens (including phenoxy) is 2. The quantitative estimate of drug-likeness (QED) is 0.636. The summed E-state index contributed by atoms with van der Waals surface area (Å²) >= 11 is 0. The first-order valence-corrected chi connectivity index (χ1v) is 7.76. The number of hydrogen-bond donors (Lipinski definition) is 1. The van der Waals surface area contributed by atoms with Gasteiger partial charge in [-0.25, -0.2) is 0 Å². The zero-order chi connectivity index (χ0) is 15.5. The Balaban J connectivity index is 2.75. The number of hydrogen-bond acceptors (Lipinski definition) is 4. The molecule has 1 aromatic carbocycles. The van der Waals surface area contributed by atoms with Gasteiger partial charge in [0.2, 0.25) is 0 Å². The molecule has 0 aliphatic carbocycles. The molecule has 0 amide bonds. The summed E-state index contributed by atoms with van der Waals surface area (Å²) in [6.45, 7) is 9.67.